The van der Waals surface area contributed by atoms with Gasteiger partial charge in [-0.05, 0) is 53.4 Å². The normalized spacial score (nSPS) is 11.9. The van der Waals surface area contributed by atoms with Crippen LogP contribution in [0.25, 0.3) is 10.8 Å². The molecular formula is C29H32N2O3S2. The molecule has 0 saturated carbocycles. The highest BCUT2D eigenvalue weighted by Crippen LogP contribution is 2.24. The molecule has 4 aromatic rings. The first-order chi connectivity index (χ1) is 17.2. The van der Waals surface area contributed by atoms with Gasteiger partial charge in [-0.25, -0.2) is 8.42 Å². The molecule has 0 radical (unpaired) electrons. The summed E-state index contributed by atoms with van der Waals surface area (Å²) in [7, 11) is -3.87. The Labute approximate surface area is 218 Å². The largest absolute Gasteiger partial charge is 0.332 e. The Balaban J connectivity index is 1.62. The molecule has 0 aliphatic carbocycles. The van der Waals surface area contributed by atoms with Gasteiger partial charge in [0, 0.05) is 22.8 Å². The first-order valence-electron chi connectivity index (χ1n) is 12.1. The van der Waals surface area contributed by atoms with Crippen molar-refractivity contribution in [3.63, 3.8) is 0 Å². The first-order valence-corrected chi connectivity index (χ1v) is 14.3. The van der Waals surface area contributed by atoms with Crippen LogP contribution in [0.5, 0.6) is 0 Å². The average molecular weight is 521 g/mol. The van der Waals surface area contributed by atoms with E-state index in [9.17, 15) is 13.2 Å². The standard InChI is InChI=1S/C29H32N2O3S2/c1-22(2)18-31(36(33,34)28-16-14-25-11-7-8-12-26(25)17-28)21-29(32)30(19-24-9-5-4-6-10-24)20-27-15-13-23(3)35-27/h4-17,22H,18-21H2,1-3H3. The molecule has 0 aliphatic rings. The second kappa shape index (κ2) is 11.4. The van der Waals surface area contributed by atoms with Gasteiger partial charge in [0.1, 0.15) is 0 Å². The number of aryl methyl sites for hydroxylation is 1. The van der Waals surface area contributed by atoms with Crippen LogP contribution in [-0.2, 0) is 27.9 Å². The van der Waals surface area contributed by atoms with E-state index >= 15 is 0 Å². The molecule has 0 aliphatic heterocycles. The van der Waals surface area contributed by atoms with Gasteiger partial charge in [-0.3, -0.25) is 4.79 Å². The number of hydrogen-bond donors (Lipinski definition) is 0. The molecule has 0 spiro atoms. The SMILES string of the molecule is Cc1ccc(CN(Cc2ccccc2)C(=O)CN(CC(C)C)S(=O)(=O)c2ccc3ccccc3c2)s1. The molecule has 188 valence electrons. The summed E-state index contributed by atoms with van der Waals surface area (Å²) in [5.41, 5.74) is 1.01. The molecule has 1 heterocycles. The number of benzene rings is 3. The third-order valence-electron chi connectivity index (χ3n) is 5.95. The van der Waals surface area contributed by atoms with Gasteiger partial charge in [-0.2, -0.15) is 4.31 Å². The lowest BCUT2D eigenvalue weighted by molar-refractivity contribution is -0.132. The quantitative estimate of drug-likeness (QED) is 0.254. The monoisotopic (exact) mass is 520 g/mol. The summed E-state index contributed by atoms with van der Waals surface area (Å²) in [6.45, 7) is 6.88. The van der Waals surface area contributed by atoms with Crippen LogP contribution < -0.4 is 0 Å². The Morgan fingerprint density at radius 3 is 2.22 bits per heavy atom. The summed E-state index contributed by atoms with van der Waals surface area (Å²) in [5, 5.41) is 1.83. The van der Waals surface area contributed by atoms with Crippen molar-refractivity contribution in [2.24, 2.45) is 5.92 Å². The van der Waals surface area contributed by atoms with Gasteiger partial charge in [0.15, 0.2) is 0 Å². The summed E-state index contributed by atoms with van der Waals surface area (Å²) >= 11 is 1.65. The van der Waals surface area contributed by atoms with Crippen molar-refractivity contribution >= 4 is 38.0 Å². The molecule has 0 N–H and O–H groups in total. The van der Waals surface area contributed by atoms with E-state index in [-0.39, 0.29) is 29.8 Å². The summed E-state index contributed by atoms with van der Waals surface area (Å²) in [5.74, 6) is -0.148. The number of carbonyl (C=O) groups is 1. The lowest BCUT2D eigenvalue weighted by atomic mass is 10.1. The molecule has 7 heteroatoms. The van der Waals surface area contributed by atoms with E-state index in [1.165, 1.54) is 9.18 Å². The maximum absolute atomic E-state index is 13.7. The highest BCUT2D eigenvalue weighted by molar-refractivity contribution is 7.89. The van der Waals surface area contributed by atoms with Crippen molar-refractivity contribution < 1.29 is 13.2 Å². The molecule has 3 aromatic carbocycles. The smallest absolute Gasteiger partial charge is 0.243 e. The van der Waals surface area contributed by atoms with Crippen LogP contribution >= 0.6 is 11.3 Å². The lowest BCUT2D eigenvalue weighted by Gasteiger charge is -2.28. The Bertz CT molecular complexity index is 1430. The number of carbonyl (C=O) groups excluding carboxylic acids is 1. The fourth-order valence-corrected chi connectivity index (χ4v) is 6.67. The molecule has 5 nitrogen and oxygen atoms in total. The van der Waals surface area contributed by atoms with E-state index in [0.29, 0.717) is 13.1 Å². The van der Waals surface area contributed by atoms with Crippen molar-refractivity contribution in [1.29, 1.82) is 0 Å². The second-order valence-electron chi connectivity index (χ2n) is 9.45. The van der Waals surface area contributed by atoms with Crippen molar-refractivity contribution in [3.8, 4) is 0 Å². The number of amides is 1. The van der Waals surface area contributed by atoms with Crippen LogP contribution in [0.1, 0.15) is 29.2 Å². The minimum Gasteiger partial charge on any atom is -0.332 e. The summed E-state index contributed by atoms with van der Waals surface area (Å²) in [4.78, 5) is 17.9. The fourth-order valence-electron chi connectivity index (χ4n) is 4.18. The highest BCUT2D eigenvalue weighted by atomic mass is 32.2. The van der Waals surface area contributed by atoms with E-state index in [2.05, 4.69) is 0 Å². The molecule has 0 unspecified atom stereocenters. The van der Waals surface area contributed by atoms with E-state index in [4.69, 9.17) is 0 Å². The second-order valence-corrected chi connectivity index (χ2v) is 12.8. The maximum Gasteiger partial charge on any atom is 0.243 e. The topological polar surface area (TPSA) is 57.7 Å². The third-order valence-corrected chi connectivity index (χ3v) is 8.74. The number of nitrogens with zero attached hydrogens (tertiary/aromatic N) is 2. The zero-order valence-corrected chi connectivity index (χ0v) is 22.6. The zero-order chi connectivity index (χ0) is 25.7. The van der Waals surface area contributed by atoms with Gasteiger partial charge in [0.2, 0.25) is 15.9 Å². The van der Waals surface area contributed by atoms with Crippen LogP contribution in [0.2, 0.25) is 0 Å². The van der Waals surface area contributed by atoms with E-state index in [0.717, 1.165) is 21.2 Å². The van der Waals surface area contributed by atoms with Crippen molar-refractivity contribution in [2.45, 2.75) is 38.8 Å². The van der Waals surface area contributed by atoms with Gasteiger partial charge in [0.25, 0.3) is 0 Å². The van der Waals surface area contributed by atoms with Crippen LogP contribution in [-0.4, -0.2) is 36.6 Å². The van der Waals surface area contributed by atoms with Crippen molar-refractivity contribution in [2.75, 3.05) is 13.1 Å². The van der Waals surface area contributed by atoms with Gasteiger partial charge in [0.05, 0.1) is 18.0 Å². The minimum absolute atomic E-state index is 0.0653. The van der Waals surface area contributed by atoms with Crippen molar-refractivity contribution in [3.05, 3.63) is 100 Å². The number of rotatable bonds is 10. The van der Waals surface area contributed by atoms with Crippen LogP contribution in [0.15, 0.2) is 89.8 Å². The Hall–Kier alpha value is -3.00. The van der Waals surface area contributed by atoms with E-state index < -0.39 is 10.0 Å². The lowest BCUT2D eigenvalue weighted by Crippen LogP contribution is -2.43. The minimum atomic E-state index is -3.87. The Morgan fingerprint density at radius 1 is 0.861 bits per heavy atom. The number of thiophene rings is 1. The highest BCUT2D eigenvalue weighted by Gasteiger charge is 2.29. The molecule has 1 amide bonds. The molecule has 0 bridgehead atoms. The Kier molecular flexibility index (Phi) is 8.24. The number of sulfonamides is 1. The summed E-state index contributed by atoms with van der Waals surface area (Å²) in [6.07, 6.45) is 0. The predicted molar refractivity (Wildman–Crippen MR) is 147 cm³/mol. The first kappa shape index (κ1) is 26.1. The average Bonchev–Trinajstić information content (AvgIpc) is 3.27. The van der Waals surface area contributed by atoms with E-state index in [1.807, 2.05) is 93.6 Å². The molecular weight excluding hydrogens is 488 g/mol. The van der Waals surface area contributed by atoms with Gasteiger partial charge >= 0.3 is 0 Å². The summed E-state index contributed by atoms with van der Waals surface area (Å²) < 4.78 is 28.8. The Morgan fingerprint density at radius 2 is 1.56 bits per heavy atom. The van der Waals surface area contributed by atoms with Gasteiger partial charge in [-0.1, -0.05) is 74.5 Å². The van der Waals surface area contributed by atoms with Gasteiger partial charge < -0.3 is 4.90 Å². The third kappa shape index (κ3) is 6.40. The molecule has 0 atom stereocenters. The van der Waals surface area contributed by atoms with Crippen LogP contribution in [0.4, 0.5) is 0 Å². The zero-order valence-electron chi connectivity index (χ0n) is 20.9. The maximum atomic E-state index is 13.7. The molecule has 0 fully saturated rings. The van der Waals surface area contributed by atoms with Gasteiger partial charge in [-0.15, -0.1) is 11.3 Å². The van der Waals surface area contributed by atoms with Crippen LogP contribution in [0, 0.1) is 12.8 Å². The summed E-state index contributed by atoms with van der Waals surface area (Å²) in [6, 6.07) is 26.7. The number of fused-ring (bicyclic) bond motifs is 1. The fraction of sp³-hybridized carbons (Fsp3) is 0.276. The molecule has 0 saturated heterocycles. The predicted octanol–water partition coefficient (Wildman–Crippen LogP) is 6.09. The number of hydrogen-bond acceptors (Lipinski definition) is 4. The molecule has 1 aromatic heterocycles. The van der Waals surface area contributed by atoms with Crippen molar-refractivity contribution in [1.82, 2.24) is 9.21 Å². The van der Waals surface area contributed by atoms with Crippen LogP contribution in [0.3, 0.4) is 0 Å². The molecule has 36 heavy (non-hydrogen) atoms. The molecule has 4 rings (SSSR count). The van der Waals surface area contributed by atoms with E-state index in [1.54, 1.807) is 28.4 Å².